The fourth-order valence-corrected chi connectivity index (χ4v) is 3.44. The van der Waals surface area contributed by atoms with Gasteiger partial charge in [0.05, 0.1) is 13.2 Å². The van der Waals surface area contributed by atoms with Crippen molar-refractivity contribution in [3.8, 4) is 0 Å². The van der Waals surface area contributed by atoms with Crippen LogP contribution in [-0.4, -0.2) is 30.6 Å². The van der Waals surface area contributed by atoms with Crippen molar-refractivity contribution in [2.24, 2.45) is 17.3 Å². The molecule has 1 aliphatic carbocycles. The molecule has 21 heavy (non-hydrogen) atoms. The van der Waals surface area contributed by atoms with E-state index >= 15 is 0 Å². The Morgan fingerprint density at radius 1 is 1.19 bits per heavy atom. The Hall–Kier alpha value is -0.870. The summed E-state index contributed by atoms with van der Waals surface area (Å²) in [5.41, 5.74) is -0.393. The van der Waals surface area contributed by atoms with E-state index in [1.54, 1.807) is 6.08 Å². The Bertz CT molecular complexity index is 425. The molecule has 0 aromatic carbocycles. The molecule has 1 heterocycles. The number of allylic oxidation sites excluding steroid dienone is 1. The first-order valence-corrected chi connectivity index (χ1v) is 7.74. The van der Waals surface area contributed by atoms with Crippen molar-refractivity contribution in [1.29, 1.82) is 0 Å². The number of carbonyl (C=O) groups is 1. The van der Waals surface area contributed by atoms with E-state index in [2.05, 4.69) is 13.8 Å². The van der Waals surface area contributed by atoms with Gasteiger partial charge in [0.25, 0.3) is 0 Å². The molecule has 2 fully saturated rings. The van der Waals surface area contributed by atoms with Crippen LogP contribution in [0.4, 0.5) is 0 Å². The Kier molecular flexibility index (Phi) is 4.24. The van der Waals surface area contributed by atoms with Crippen molar-refractivity contribution in [1.82, 2.24) is 0 Å². The van der Waals surface area contributed by atoms with Gasteiger partial charge in [-0.2, -0.15) is 0 Å². The highest BCUT2D eigenvalue weighted by Crippen LogP contribution is 2.58. The fraction of sp³-hybridized carbons (Fsp3) is 0.824. The molecule has 4 heteroatoms. The average molecular weight is 296 g/mol. The van der Waals surface area contributed by atoms with Crippen LogP contribution in [0.1, 0.15) is 48.0 Å². The summed E-state index contributed by atoms with van der Waals surface area (Å²) in [4.78, 5) is 11.8. The van der Waals surface area contributed by atoms with E-state index in [0.29, 0.717) is 25.0 Å². The Morgan fingerprint density at radius 2 is 1.76 bits per heavy atom. The van der Waals surface area contributed by atoms with Gasteiger partial charge in [-0.3, -0.25) is 0 Å². The maximum Gasteiger partial charge on any atom is 0.330 e. The van der Waals surface area contributed by atoms with Gasteiger partial charge in [-0.15, -0.1) is 0 Å². The van der Waals surface area contributed by atoms with Crippen LogP contribution in [0.25, 0.3) is 0 Å². The zero-order valence-electron chi connectivity index (χ0n) is 14.1. The fourth-order valence-electron chi connectivity index (χ4n) is 3.44. The van der Waals surface area contributed by atoms with E-state index in [1.165, 1.54) is 0 Å². The minimum atomic E-state index is -0.472. The van der Waals surface area contributed by atoms with Crippen LogP contribution >= 0.6 is 0 Å². The molecule has 0 spiro atoms. The van der Waals surface area contributed by atoms with E-state index in [1.807, 2.05) is 33.8 Å². The normalized spacial score (nSPS) is 31.1. The molecule has 2 atom stereocenters. The van der Waals surface area contributed by atoms with E-state index < -0.39 is 11.4 Å². The zero-order valence-corrected chi connectivity index (χ0v) is 14.1. The summed E-state index contributed by atoms with van der Waals surface area (Å²) in [6.45, 7) is 13.4. The molecule has 0 amide bonds. The second kappa shape index (κ2) is 5.40. The number of carbonyl (C=O) groups excluding carboxylic acids is 1. The van der Waals surface area contributed by atoms with Gasteiger partial charge >= 0.3 is 5.97 Å². The van der Waals surface area contributed by atoms with Crippen molar-refractivity contribution in [3.63, 3.8) is 0 Å². The third-order valence-electron chi connectivity index (χ3n) is 4.71. The largest absolute Gasteiger partial charge is 0.457 e. The average Bonchev–Trinajstić information content (AvgIpc) is 2.72. The predicted molar refractivity (Wildman–Crippen MR) is 80.7 cm³/mol. The van der Waals surface area contributed by atoms with Crippen LogP contribution in [0, 0.1) is 17.3 Å². The Labute approximate surface area is 127 Å². The molecular weight excluding hydrogens is 268 g/mol. The van der Waals surface area contributed by atoms with E-state index in [-0.39, 0.29) is 11.4 Å². The lowest BCUT2D eigenvalue weighted by Gasteiger charge is -2.56. The highest BCUT2D eigenvalue weighted by atomic mass is 16.7. The van der Waals surface area contributed by atoms with Crippen LogP contribution in [0.5, 0.6) is 0 Å². The number of hydrogen-bond acceptors (Lipinski definition) is 4. The predicted octanol–water partition coefficient (Wildman–Crippen LogP) is 3.31. The summed E-state index contributed by atoms with van der Waals surface area (Å²) in [5, 5.41) is 0. The highest BCUT2D eigenvalue weighted by molar-refractivity contribution is 5.82. The SMILES string of the molecule is CC(C)(C)OC(=O)/C=C\[C@H]1C[C@@H](C2(C)OCCO2)C1(C)C. The smallest absolute Gasteiger partial charge is 0.330 e. The van der Waals surface area contributed by atoms with Gasteiger partial charge in [0.15, 0.2) is 5.79 Å². The standard InChI is InChI=1S/C17H28O4/c1-15(2,3)21-14(18)8-7-12-11-13(16(12,4)5)17(6)19-9-10-20-17/h7-8,12-13H,9-11H2,1-6H3/b8-7-/t12-,13+/m0/s1. The summed E-state index contributed by atoms with van der Waals surface area (Å²) < 4.78 is 16.9. The molecule has 1 saturated heterocycles. The van der Waals surface area contributed by atoms with Crippen LogP contribution in [0.15, 0.2) is 12.2 Å². The molecule has 0 unspecified atom stereocenters. The lowest BCUT2D eigenvalue weighted by atomic mass is 9.52. The first kappa shape index (κ1) is 16.5. The van der Waals surface area contributed by atoms with Crippen molar-refractivity contribution in [2.75, 3.05) is 13.2 Å². The van der Waals surface area contributed by atoms with E-state index in [4.69, 9.17) is 14.2 Å². The summed E-state index contributed by atoms with van der Waals surface area (Å²) in [6.07, 6.45) is 4.51. The number of esters is 1. The molecule has 2 aliphatic rings. The lowest BCUT2D eigenvalue weighted by molar-refractivity contribution is -0.246. The molecule has 0 radical (unpaired) electrons. The molecule has 1 aliphatic heterocycles. The van der Waals surface area contributed by atoms with Gasteiger partial charge in [-0.05, 0) is 45.4 Å². The van der Waals surface area contributed by atoms with Crippen LogP contribution in [0.2, 0.25) is 0 Å². The molecule has 2 rings (SSSR count). The minimum Gasteiger partial charge on any atom is -0.457 e. The summed E-state index contributed by atoms with van der Waals surface area (Å²) in [7, 11) is 0. The number of hydrogen-bond donors (Lipinski definition) is 0. The minimum absolute atomic E-state index is 0.0532. The van der Waals surface area contributed by atoms with Gasteiger partial charge in [0.2, 0.25) is 0 Å². The third kappa shape index (κ3) is 3.49. The van der Waals surface area contributed by atoms with Crippen molar-refractivity contribution in [3.05, 3.63) is 12.2 Å². The summed E-state index contributed by atoms with van der Waals surface area (Å²) >= 11 is 0. The molecule has 0 aromatic rings. The quantitative estimate of drug-likeness (QED) is 0.592. The van der Waals surface area contributed by atoms with Crippen LogP contribution < -0.4 is 0 Å². The van der Waals surface area contributed by atoms with Crippen molar-refractivity contribution >= 4 is 5.97 Å². The second-order valence-corrected chi connectivity index (χ2v) is 7.82. The zero-order chi connectivity index (χ0) is 15.9. The third-order valence-corrected chi connectivity index (χ3v) is 4.71. The van der Waals surface area contributed by atoms with Crippen molar-refractivity contribution < 1.29 is 19.0 Å². The molecule has 4 nitrogen and oxygen atoms in total. The van der Waals surface area contributed by atoms with Gasteiger partial charge in [-0.1, -0.05) is 19.9 Å². The van der Waals surface area contributed by atoms with Crippen molar-refractivity contribution in [2.45, 2.75) is 59.4 Å². The molecule has 120 valence electrons. The topological polar surface area (TPSA) is 44.8 Å². The summed E-state index contributed by atoms with van der Waals surface area (Å²) in [6, 6.07) is 0. The van der Waals surface area contributed by atoms with E-state index in [0.717, 1.165) is 6.42 Å². The maximum atomic E-state index is 11.8. The van der Waals surface area contributed by atoms with Crippen LogP contribution in [-0.2, 0) is 19.0 Å². The van der Waals surface area contributed by atoms with Gasteiger partial charge in [0.1, 0.15) is 5.60 Å². The Morgan fingerprint density at radius 3 is 2.24 bits per heavy atom. The first-order valence-electron chi connectivity index (χ1n) is 7.74. The molecule has 0 aromatic heterocycles. The molecule has 1 saturated carbocycles. The monoisotopic (exact) mass is 296 g/mol. The highest BCUT2D eigenvalue weighted by Gasteiger charge is 2.57. The van der Waals surface area contributed by atoms with Crippen LogP contribution in [0.3, 0.4) is 0 Å². The molecular formula is C17H28O4. The summed E-state index contributed by atoms with van der Waals surface area (Å²) in [5.74, 6) is -0.0542. The van der Waals surface area contributed by atoms with E-state index in [9.17, 15) is 4.79 Å². The molecule has 0 bridgehead atoms. The number of rotatable bonds is 3. The Balaban J connectivity index is 1.94. The lowest BCUT2D eigenvalue weighted by Crippen LogP contribution is -2.55. The van der Waals surface area contributed by atoms with Gasteiger partial charge in [-0.25, -0.2) is 4.79 Å². The molecule has 0 N–H and O–H groups in total. The maximum absolute atomic E-state index is 11.8. The van der Waals surface area contributed by atoms with Gasteiger partial charge < -0.3 is 14.2 Å². The first-order chi connectivity index (χ1) is 9.55. The number of ether oxygens (including phenoxy) is 3. The second-order valence-electron chi connectivity index (χ2n) is 7.82. The van der Waals surface area contributed by atoms with Gasteiger partial charge in [0, 0.05) is 12.0 Å².